The summed E-state index contributed by atoms with van der Waals surface area (Å²) in [6.07, 6.45) is 2.07. The Kier molecular flexibility index (Phi) is 4.20. The van der Waals surface area contributed by atoms with E-state index in [2.05, 4.69) is 16.6 Å². The summed E-state index contributed by atoms with van der Waals surface area (Å²) in [4.78, 5) is 15.1. The summed E-state index contributed by atoms with van der Waals surface area (Å²) in [6, 6.07) is 0. The molecule has 10 heavy (non-hydrogen) atoms. The van der Waals surface area contributed by atoms with Gasteiger partial charge in [-0.05, 0) is 0 Å². The van der Waals surface area contributed by atoms with Crippen molar-refractivity contribution in [1.82, 2.24) is 0 Å². The first-order valence-electron chi connectivity index (χ1n) is 2.94. The second-order valence-electron chi connectivity index (χ2n) is 1.77. The maximum absolute atomic E-state index is 10.7. The van der Waals surface area contributed by atoms with Crippen LogP contribution in [0.15, 0.2) is 17.8 Å². The van der Waals surface area contributed by atoms with Gasteiger partial charge in [0.05, 0.1) is 0 Å². The molecule has 0 radical (unpaired) electrons. The molecule has 0 aromatic rings. The monoisotopic (exact) mass is 141 g/mol. The molecule has 0 aromatic carbocycles. The first-order chi connectivity index (χ1) is 4.72. The fourth-order valence-corrected chi connectivity index (χ4v) is 0.492. The number of hydrogen-bond acceptors (Lipinski definition) is 3. The Bertz CT molecular complexity index is 161. The fourth-order valence-electron chi connectivity index (χ4n) is 0.492. The van der Waals surface area contributed by atoms with Crippen molar-refractivity contribution in [3.8, 4) is 0 Å². The zero-order chi connectivity index (χ0) is 7.98. The van der Waals surface area contributed by atoms with E-state index in [9.17, 15) is 4.79 Å². The van der Waals surface area contributed by atoms with E-state index < -0.39 is 0 Å². The van der Waals surface area contributed by atoms with Crippen LogP contribution in [0.2, 0.25) is 0 Å². The Labute approximate surface area is 60.4 Å². The number of carbonyl (C=O) groups excluding carboxylic acids is 1. The van der Waals surface area contributed by atoms with Crippen LogP contribution in [0.3, 0.4) is 0 Å². The molecule has 0 aliphatic heterocycles. The molecule has 0 atom stereocenters. The lowest BCUT2D eigenvalue weighted by atomic mass is 10.2. The van der Waals surface area contributed by atoms with Gasteiger partial charge < -0.3 is 4.84 Å². The summed E-state index contributed by atoms with van der Waals surface area (Å²) < 4.78 is 0. The largest absolute Gasteiger partial charge is 0.399 e. The molecule has 0 amide bonds. The molecule has 0 saturated heterocycles. The standard InChI is InChI=1S/C7H11NO2/c1-4-5-7(6(2)9)8-10-3/h4H,1,5H2,2-3H3/b8-7+. The van der Waals surface area contributed by atoms with Gasteiger partial charge in [0.25, 0.3) is 0 Å². The molecule has 0 fully saturated rings. The summed E-state index contributed by atoms with van der Waals surface area (Å²) in [5.41, 5.74) is 0.400. The number of nitrogens with zero attached hydrogens (tertiary/aromatic N) is 1. The number of ketones is 1. The van der Waals surface area contributed by atoms with Crippen LogP contribution in [0.5, 0.6) is 0 Å². The zero-order valence-electron chi connectivity index (χ0n) is 6.26. The van der Waals surface area contributed by atoms with Gasteiger partial charge in [0.15, 0.2) is 5.78 Å². The van der Waals surface area contributed by atoms with Gasteiger partial charge in [-0.15, -0.1) is 6.58 Å². The molecule has 0 aliphatic rings. The highest BCUT2D eigenvalue weighted by molar-refractivity contribution is 6.39. The number of carbonyl (C=O) groups is 1. The van der Waals surface area contributed by atoms with Gasteiger partial charge in [-0.3, -0.25) is 4.79 Å². The minimum absolute atomic E-state index is 0.0817. The Hall–Kier alpha value is -1.12. The Morgan fingerprint density at radius 2 is 2.40 bits per heavy atom. The van der Waals surface area contributed by atoms with E-state index in [0.717, 1.165) is 0 Å². The Morgan fingerprint density at radius 3 is 2.70 bits per heavy atom. The third-order valence-corrected chi connectivity index (χ3v) is 0.946. The first-order valence-corrected chi connectivity index (χ1v) is 2.94. The minimum Gasteiger partial charge on any atom is -0.399 e. The molecule has 0 saturated carbocycles. The molecule has 0 N–H and O–H groups in total. The van der Waals surface area contributed by atoms with E-state index in [1.54, 1.807) is 6.08 Å². The van der Waals surface area contributed by atoms with Crippen LogP contribution in [0.25, 0.3) is 0 Å². The highest BCUT2D eigenvalue weighted by atomic mass is 16.6. The van der Waals surface area contributed by atoms with Crippen molar-refractivity contribution in [1.29, 1.82) is 0 Å². The summed E-state index contributed by atoms with van der Waals surface area (Å²) >= 11 is 0. The van der Waals surface area contributed by atoms with E-state index in [0.29, 0.717) is 12.1 Å². The van der Waals surface area contributed by atoms with Crippen molar-refractivity contribution in [2.75, 3.05) is 7.11 Å². The SMILES string of the molecule is C=CC/C(=N\OC)C(C)=O. The molecule has 56 valence electrons. The quantitative estimate of drug-likeness (QED) is 0.334. The van der Waals surface area contributed by atoms with Crippen LogP contribution in [0, 0.1) is 0 Å². The van der Waals surface area contributed by atoms with Crippen LogP contribution < -0.4 is 0 Å². The molecule has 0 aromatic heterocycles. The van der Waals surface area contributed by atoms with Crippen molar-refractivity contribution in [2.45, 2.75) is 13.3 Å². The Morgan fingerprint density at radius 1 is 1.80 bits per heavy atom. The summed E-state index contributed by atoms with van der Waals surface area (Å²) in [5, 5.41) is 3.51. The summed E-state index contributed by atoms with van der Waals surface area (Å²) in [5.74, 6) is -0.0817. The van der Waals surface area contributed by atoms with Gasteiger partial charge >= 0.3 is 0 Å². The lowest BCUT2D eigenvalue weighted by Crippen LogP contribution is -2.08. The van der Waals surface area contributed by atoms with Crippen LogP contribution in [0.4, 0.5) is 0 Å². The number of Topliss-reactive ketones (excluding diaryl/α,β-unsaturated/α-hetero) is 1. The van der Waals surface area contributed by atoms with Crippen molar-refractivity contribution in [3.63, 3.8) is 0 Å². The molecule has 0 unspecified atom stereocenters. The molecule has 3 nitrogen and oxygen atoms in total. The Balaban J connectivity index is 4.10. The van der Waals surface area contributed by atoms with E-state index >= 15 is 0 Å². The van der Waals surface area contributed by atoms with Crippen LogP contribution in [0.1, 0.15) is 13.3 Å². The molecule has 0 aliphatic carbocycles. The van der Waals surface area contributed by atoms with Gasteiger partial charge in [0, 0.05) is 13.3 Å². The molecule has 0 spiro atoms. The second-order valence-corrected chi connectivity index (χ2v) is 1.77. The fraction of sp³-hybridized carbons (Fsp3) is 0.429. The van der Waals surface area contributed by atoms with Crippen molar-refractivity contribution in [2.24, 2.45) is 5.16 Å². The van der Waals surface area contributed by atoms with E-state index in [-0.39, 0.29) is 5.78 Å². The highest BCUT2D eigenvalue weighted by Gasteiger charge is 2.02. The molecular formula is C7H11NO2. The maximum Gasteiger partial charge on any atom is 0.177 e. The lowest BCUT2D eigenvalue weighted by Gasteiger charge is -1.94. The predicted molar refractivity (Wildman–Crippen MR) is 39.9 cm³/mol. The van der Waals surface area contributed by atoms with Crippen LogP contribution >= 0.6 is 0 Å². The van der Waals surface area contributed by atoms with Crippen LogP contribution in [-0.2, 0) is 9.63 Å². The number of hydrogen-bond donors (Lipinski definition) is 0. The van der Waals surface area contributed by atoms with Gasteiger partial charge in [-0.1, -0.05) is 11.2 Å². The third kappa shape index (κ3) is 3.02. The van der Waals surface area contributed by atoms with E-state index in [1.165, 1.54) is 14.0 Å². The molecule has 0 heterocycles. The smallest absolute Gasteiger partial charge is 0.177 e. The van der Waals surface area contributed by atoms with Gasteiger partial charge in [0.2, 0.25) is 0 Å². The van der Waals surface area contributed by atoms with E-state index in [1.807, 2.05) is 0 Å². The van der Waals surface area contributed by atoms with Gasteiger partial charge in [-0.2, -0.15) is 0 Å². The zero-order valence-corrected chi connectivity index (χ0v) is 6.26. The molecule has 0 rings (SSSR count). The highest BCUT2D eigenvalue weighted by Crippen LogP contribution is 1.90. The molecule has 0 bridgehead atoms. The second kappa shape index (κ2) is 4.73. The van der Waals surface area contributed by atoms with Crippen LogP contribution in [-0.4, -0.2) is 18.6 Å². The average molecular weight is 141 g/mol. The van der Waals surface area contributed by atoms with E-state index in [4.69, 9.17) is 0 Å². The van der Waals surface area contributed by atoms with Crippen molar-refractivity contribution >= 4 is 11.5 Å². The topological polar surface area (TPSA) is 38.7 Å². The number of allylic oxidation sites excluding steroid dienone is 1. The summed E-state index contributed by atoms with van der Waals surface area (Å²) in [7, 11) is 1.41. The van der Waals surface area contributed by atoms with Crippen molar-refractivity contribution < 1.29 is 9.63 Å². The minimum atomic E-state index is -0.0817. The molecular weight excluding hydrogens is 130 g/mol. The number of rotatable bonds is 4. The van der Waals surface area contributed by atoms with Gasteiger partial charge in [0.1, 0.15) is 12.8 Å². The summed E-state index contributed by atoms with van der Waals surface area (Å²) in [6.45, 7) is 4.92. The lowest BCUT2D eigenvalue weighted by molar-refractivity contribution is -0.111. The normalized spacial score (nSPS) is 10.8. The molecule has 3 heteroatoms. The maximum atomic E-state index is 10.7. The predicted octanol–water partition coefficient (Wildman–Crippen LogP) is 1.15. The average Bonchev–Trinajstić information content (AvgIpc) is 1.87. The number of oxime groups is 1. The third-order valence-electron chi connectivity index (χ3n) is 0.946. The first kappa shape index (κ1) is 8.88. The van der Waals surface area contributed by atoms with Gasteiger partial charge in [-0.25, -0.2) is 0 Å². The van der Waals surface area contributed by atoms with Crippen molar-refractivity contribution in [3.05, 3.63) is 12.7 Å².